The van der Waals surface area contributed by atoms with Gasteiger partial charge in [-0.1, -0.05) is 0 Å². The van der Waals surface area contributed by atoms with E-state index in [1.54, 1.807) is 35.4 Å². The van der Waals surface area contributed by atoms with Gasteiger partial charge in [0.15, 0.2) is 0 Å². The average Bonchev–Trinajstić information content (AvgIpc) is 2.81. The molecule has 0 aliphatic rings. The second kappa shape index (κ2) is 3.30. The fourth-order valence-corrected chi connectivity index (χ4v) is 1.66. The molecule has 3 aromatic heterocycles. The number of pyridine rings is 2. The monoisotopic (exact) mass is 212 g/mol. The van der Waals surface area contributed by atoms with Crippen LogP contribution in [0.1, 0.15) is 0 Å². The first-order valence-electron chi connectivity index (χ1n) is 4.81. The molecule has 78 valence electrons. The first-order valence-corrected chi connectivity index (χ1v) is 4.81. The summed E-state index contributed by atoms with van der Waals surface area (Å²) in [5.41, 5.74) is 0.654. The van der Waals surface area contributed by atoms with Gasteiger partial charge in [-0.25, -0.2) is 9.97 Å². The van der Waals surface area contributed by atoms with Crippen LogP contribution < -0.4 is 5.56 Å². The molecule has 0 unspecified atom stereocenters. The van der Waals surface area contributed by atoms with Crippen molar-refractivity contribution in [3.63, 3.8) is 0 Å². The zero-order chi connectivity index (χ0) is 11.0. The molecule has 0 atom stereocenters. The maximum Gasteiger partial charge on any atom is 0.248 e. The Morgan fingerprint density at radius 2 is 2.12 bits per heavy atom. The molecule has 16 heavy (non-hydrogen) atoms. The predicted molar refractivity (Wildman–Crippen MR) is 59.5 cm³/mol. The van der Waals surface area contributed by atoms with E-state index in [1.165, 1.54) is 6.07 Å². The van der Waals surface area contributed by atoms with E-state index in [-0.39, 0.29) is 5.56 Å². The first-order chi connectivity index (χ1) is 7.84. The molecule has 5 heteroatoms. The Bertz CT molecular complexity index is 685. The van der Waals surface area contributed by atoms with Crippen LogP contribution in [-0.2, 0) is 0 Å². The summed E-state index contributed by atoms with van der Waals surface area (Å²) >= 11 is 0. The van der Waals surface area contributed by atoms with Gasteiger partial charge in [-0.2, -0.15) is 0 Å². The number of aromatic amines is 1. The Hall–Kier alpha value is -2.43. The summed E-state index contributed by atoms with van der Waals surface area (Å²) < 4.78 is 1.81. The zero-order valence-corrected chi connectivity index (χ0v) is 8.29. The smallest absolute Gasteiger partial charge is 0.248 e. The van der Waals surface area contributed by atoms with Crippen LogP contribution in [0.4, 0.5) is 0 Å². The summed E-state index contributed by atoms with van der Waals surface area (Å²) in [6.07, 6.45) is 6.83. The lowest BCUT2D eigenvalue weighted by Crippen LogP contribution is -2.04. The lowest BCUT2D eigenvalue weighted by Gasteiger charge is -2.04. The molecule has 0 amide bonds. The molecule has 0 fully saturated rings. The summed E-state index contributed by atoms with van der Waals surface area (Å²) in [6, 6.07) is 5.03. The topological polar surface area (TPSA) is 63.6 Å². The van der Waals surface area contributed by atoms with Gasteiger partial charge in [0.25, 0.3) is 0 Å². The van der Waals surface area contributed by atoms with Crippen LogP contribution in [0.15, 0.2) is 47.9 Å². The lowest BCUT2D eigenvalue weighted by molar-refractivity contribution is 1.01. The summed E-state index contributed by atoms with van der Waals surface area (Å²) in [6.45, 7) is 0. The third kappa shape index (κ3) is 1.30. The van der Waals surface area contributed by atoms with E-state index >= 15 is 0 Å². The number of imidazole rings is 1. The number of rotatable bonds is 1. The molecule has 3 aromatic rings. The fourth-order valence-electron chi connectivity index (χ4n) is 1.66. The van der Waals surface area contributed by atoms with E-state index in [0.717, 1.165) is 16.7 Å². The van der Waals surface area contributed by atoms with Gasteiger partial charge in [0.1, 0.15) is 12.1 Å². The zero-order valence-electron chi connectivity index (χ0n) is 8.29. The van der Waals surface area contributed by atoms with Crippen molar-refractivity contribution < 1.29 is 0 Å². The number of fused-ring (bicyclic) bond motifs is 1. The molecule has 0 bridgehead atoms. The molecule has 0 aromatic carbocycles. The van der Waals surface area contributed by atoms with Crippen molar-refractivity contribution >= 4 is 10.9 Å². The molecule has 5 nitrogen and oxygen atoms in total. The van der Waals surface area contributed by atoms with Crippen LogP contribution in [0.3, 0.4) is 0 Å². The van der Waals surface area contributed by atoms with Crippen LogP contribution in [0.2, 0.25) is 0 Å². The van der Waals surface area contributed by atoms with E-state index in [2.05, 4.69) is 15.0 Å². The molecule has 3 rings (SSSR count). The third-order valence-electron chi connectivity index (χ3n) is 2.38. The molecule has 0 radical (unpaired) electrons. The van der Waals surface area contributed by atoms with Crippen molar-refractivity contribution in [1.29, 1.82) is 0 Å². The summed E-state index contributed by atoms with van der Waals surface area (Å²) in [7, 11) is 0. The van der Waals surface area contributed by atoms with E-state index < -0.39 is 0 Å². The Labute approximate surface area is 90.4 Å². The Morgan fingerprint density at radius 1 is 1.19 bits per heavy atom. The highest BCUT2D eigenvalue weighted by molar-refractivity contribution is 5.84. The minimum absolute atomic E-state index is 0.115. The van der Waals surface area contributed by atoms with Gasteiger partial charge in [-0.15, -0.1) is 0 Å². The van der Waals surface area contributed by atoms with Crippen molar-refractivity contribution in [3.8, 4) is 5.82 Å². The van der Waals surface area contributed by atoms with Gasteiger partial charge in [-0.05, 0) is 12.1 Å². The Kier molecular flexibility index (Phi) is 1.83. The van der Waals surface area contributed by atoms with Gasteiger partial charge >= 0.3 is 0 Å². The van der Waals surface area contributed by atoms with Gasteiger partial charge in [0.2, 0.25) is 5.56 Å². The van der Waals surface area contributed by atoms with Gasteiger partial charge in [-0.3, -0.25) is 9.36 Å². The number of aromatic nitrogens is 4. The first kappa shape index (κ1) is 8.84. The molecule has 0 saturated heterocycles. The molecule has 0 spiro atoms. The van der Waals surface area contributed by atoms with Crippen molar-refractivity contribution in [2.24, 2.45) is 0 Å². The third-order valence-corrected chi connectivity index (χ3v) is 2.38. The molecule has 3 heterocycles. The average molecular weight is 212 g/mol. The van der Waals surface area contributed by atoms with E-state index in [0.29, 0.717) is 0 Å². The number of hydrogen-bond donors (Lipinski definition) is 1. The van der Waals surface area contributed by atoms with E-state index in [9.17, 15) is 4.79 Å². The highest BCUT2D eigenvalue weighted by atomic mass is 16.1. The quantitative estimate of drug-likeness (QED) is 0.657. The second-order valence-electron chi connectivity index (χ2n) is 3.39. The van der Waals surface area contributed by atoms with Gasteiger partial charge in [0, 0.05) is 30.0 Å². The van der Waals surface area contributed by atoms with Crippen LogP contribution in [0.25, 0.3) is 16.7 Å². The van der Waals surface area contributed by atoms with E-state index in [4.69, 9.17) is 0 Å². The summed E-state index contributed by atoms with van der Waals surface area (Å²) in [5.74, 6) is 0.756. The van der Waals surface area contributed by atoms with Crippen LogP contribution >= 0.6 is 0 Å². The second-order valence-corrected chi connectivity index (χ2v) is 3.39. The van der Waals surface area contributed by atoms with Crippen LogP contribution in [-0.4, -0.2) is 19.5 Å². The Morgan fingerprint density at radius 3 is 2.94 bits per heavy atom. The minimum Gasteiger partial charge on any atom is -0.322 e. The van der Waals surface area contributed by atoms with Gasteiger partial charge in [0.05, 0.1) is 5.52 Å². The number of nitrogens with one attached hydrogen (secondary N) is 1. The van der Waals surface area contributed by atoms with Crippen LogP contribution in [0.5, 0.6) is 0 Å². The predicted octanol–water partition coefficient (Wildman–Crippen LogP) is 1.11. The number of hydrogen-bond acceptors (Lipinski definition) is 3. The molecule has 1 N–H and O–H groups in total. The standard InChI is InChI=1S/C11H8N4O/c16-10-2-1-8-9(14-10)3-4-13-11(8)15-6-5-12-7-15/h1-7H,(H,14,16). The fraction of sp³-hybridized carbons (Fsp3) is 0. The normalized spacial score (nSPS) is 10.8. The number of H-pyrrole nitrogens is 1. The summed E-state index contributed by atoms with van der Waals surface area (Å²) in [4.78, 5) is 22.2. The maximum atomic E-state index is 11.2. The highest BCUT2D eigenvalue weighted by Gasteiger charge is 2.03. The van der Waals surface area contributed by atoms with Crippen molar-refractivity contribution in [3.05, 3.63) is 53.5 Å². The summed E-state index contributed by atoms with van der Waals surface area (Å²) in [5, 5.41) is 0.889. The van der Waals surface area contributed by atoms with Gasteiger partial charge < -0.3 is 4.98 Å². The molecular formula is C11H8N4O. The largest absolute Gasteiger partial charge is 0.322 e. The molecular weight excluding hydrogens is 204 g/mol. The van der Waals surface area contributed by atoms with Crippen LogP contribution in [0, 0.1) is 0 Å². The SMILES string of the molecule is O=c1ccc2c(-n3ccnc3)nccc2[nH]1. The highest BCUT2D eigenvalue weighted by Crippen LogP contribution is 2.16. The van der Waals surface area contributed by atoms with E-state index in [1.807, 2.05) is 6.20 Å². The molecule has 0 aliphatic heterocycles. The number of nitrogens with zero attached hydrogens (tertiary/aromatic N) is 3. The maximum absolute atomic E-state index is 11.2. The lowest BCUT2D eigenvalue weighted by atomic mass is 10.2. The Balaban J connectivity index is 2.38. The molecule has 0 aliphatic carbocycles. The van der Waals surface area contributed by atoms with Crippen molar-refractivity contribution in [2.75, 3.05) is 0 Å². The van der Waals surface area contributed by atoms with Crippen molar-refractivity contribution in [1.82, 2.24) is 19.5 Å². The molecule has 0 saturated carbocycles. The minimum atomic E-state index is -0.115. The van der Waals surface area contributed by atoms with Crippen molar-refractivity contribution in [2.45, 2.75) is 0 Å².